The second-order valence-electron chi connectivity index (χ2n) is 4.73. The molecule has 3 heteroatoms. The lowest BCUT2D eigenvalue weighted by Gasteiger charge is -2.24. The Balaban J connectivity index is 3.04. The summed E-state index contributed by atoms with van der Waals surface area (Å²) in [7, 11) is 0. The topological polar surface area (TPSA) is 56.8 Å². The first-order valence-corrected chi connectivity index (χ1v) is 6.77. The van der Waals surface area contributed by atoms with E-state index < -0.39 is 0 Å². The summed E-state index contributed by atoms with van der Waals surface area (Å²) in [4.78, 5) is 0. The SMILES string of the molecule is CCCC(Oc1cccc(C#N)c1C#N)C(C)CC. The molecular formula is C16H20N2O. The first kappa shape index (κ1) is 15.1. The van der Waals surface area contributed by atoms with Gasteiger partial charge in [-0.3, -0.25) is 0 Å². The van der Waals surface area contributed by atoms with Crippen LogP contribution in [-0.2, 0) is 0 Å². The minimum Gasteiger partial charge on any atom is -0.489 e. The zero-order valence-corrected chi connectivity index (χ0v) is 11.8. The quantitative estimate of drug-likeness (QED) is 0.772. The van der Waals surface area contributed by atoms with Crippen LogP contribution < -0.4 is 4.74 Å². The third-order valence-electron chi connectivity index (χ3n) is 3.39. The van der Waals surface area contributed by atoms with Crippen molar-refractivity contribution in [3.05, 3.63) is 29.3 Å². The zero-order valence-electron chi connectivity index (χ0n) is 11.8. The van der Waals surface area contributed by atoms with Gasteiger partial charge in [-0.05, 0) is 24.5 Å². The number of rotatable bonds is 6. The van der Waals surface area contributed by atoms with E-state index in [4.69, 9.17) is 10.00 Å². The number of ether oxygens (including phenoxy) is 1. The highest BCUT2D eigenvalue weighted by molar-refractivity contribution is 5.53. The van der Waals surface area contributed by atoms with Gasteiger partial charge >= 0.3 is 0 Å². The van der Waals surface area contributed by atoms with Gasteiger partial charge in [0.2, 0.25) is 0 Å². The second kappa shape index (κ2) is 7.44. The van der Waals surface area contributed by atoms with Crippen molar-refractivity contribution in [1.82, 2.24) is 0 Å². The minimum absolute atomic E-state index is 0.0936. The van der Waals surface area contributed by atoms with Crippen LogP contribution in [0.3, 0.4) is 0 Å². The van der Waals surface area contributed by atoms with E-state index in [1.54, 1.807) is 18.2 Å². The van der Waals surface area contributed by atoms with Crippen LogP contribution in [-0.4, -0.2) is 6.10 Å². The van der Waals surface area contributed by atoms with Crippen molar-refractivity contribution < 1.29 is 4.74 Å². The van der Waals surface area contributed by atoms with E-state index in [1.165, 1.54) is 0 Å². The molecular weight excluding hydrogens is 236 g/mol. The molecule has 0 saturated heterocycles. The van der Waals surface area contributed by atoms with Gasteiger partial charge in [0, 0.05) is 0 Å². The largest absolute Gasteiger partial charge is 0.489 e. The molecule has 0 spiro atoms. The molecule has 100 valence electrons. The van der Waals surface area contributed by atoms with E-state index >= 15 is 0 Å². The van der Waals surface area contributed by atoms with Gasteiger partial charge in [-0.15, -0.1) is 0 Å². The molecule has 0 N–H and O–H groups in total. The summed E-state index contributed by atoms with van der Waals surface area (Å²) in [6, 6.07) is 9.27. The molecule has 1 rings (SSSR count). The fourth-order valence-electron chi connectivity index (χ4n) is 2.01. The van der Waals surface area contributed by atoms with Gasteiger partial charge in [0.25, 0.3) is 0 Å². The summed E-state index contributed by atoms with van der Waals surface area (Å²) in [6.07, 6.45) is 3.12. The van der Waals surface area contributed by atoms with Crippen molar-refractivity contribution in [1.29, 1.82) is 10.5 Å². The lowest BCUT2D eigenvalue weighted by atomic mass is 9.97. The van der Waals surface area contributed by atoms with Crippen molar-refractivity contribution in [2.75, 3.05) is 0 Å². The van der Waals surface area contributed by atoms with Gasteiger partial charge in [-0.25, -0.2) is 0 Å². The Kier molecular flexibility index (Phi) is 5.90. The lowest BCUT2D eigenvalue weighted by molar-refractivity contribution is 0.129. The number of benzene rings is 1. The highest BCUT2D eigenvalue weighted by atomic mass is 16.5. The molecule has 0 aliphatic heterocycles. The molecule has 0 radical (unpaired) electrons. The van der Waals surface area contributed by atoms with Crippen LogP contribution in [0.2, 0.25) is 0 Å². The van der Waals surface area contributed by atoms with Gasteiger partial charge < -0.3 is 4.74 Å². The Morgan fingerprint density at radius 1 is 1.21 bits per heavy atom. The van der Waals surface area contributed by atoms with Gasteiger partial charge in [0.15, 0.2) is 0 Å². The van der Waals surface area contributed by atoms with Crippen LogP contribution in [0, 0.1) is 28.6 Å². The number of nitrogens with zero attached hydrogens (tertiary/aromatic N) is 2. The molecule has 0 aliphatic carbocycles. The Bertz CT molecular complexity index is 496. The fraction of sp³-hybridized carbons (Fsp3) is 0.500. The maximum atomic E-state index is 9.19. The smallest absolute Gasteiger partial charge is 0.138 e. The van der Waals surface area contributed by atoms with Gasteiger partial charge in [-0.1, -0.05) is 39.7 Å². The molecule has 0 aromatic heterocycles. The Morgan fingerprint density at radius 2 is 1.95 bits per heavy atom. The Labute approximate surface area is 115 Å². The molecule has 1 aromatic rings. The molecule has 0 aliphatic rings. The summed E-state index contributed by atoms with van der Waals surface area (Å²) in [5.41, 5.74) is 0.716. The first-order chi connectivity index (χ1) is 9.17. The van der Waals surface area contributed by atoms with E-state index in [0.29, 0.717) is 22.8 Å². The van der Waals surface area contributed by atoms with Crippen LogP contribution in [0.4, 0.5) is 0 Å². The van der Waals surface area contributed by atoms with E-state index in [2.05, 4.69) is 26.8 Å². The summed E-state index contributed by atoms with van der Waals surface area (Å²) < 4.78 is 6.00. The van der Waals surface area contributed by atoms with Crippen molar-refractivity contribution in [2.45, 2.75) is 46.1 Å². The third kappa shape index (κ3) is 3.73. The molecule has 0 bridgehead atoms. The molecule has 2 atom stereocenters. The lowest BCUT2D eigenvalue weighted by Crippen LogP contribution is -2.25. The summed E-state index contributed by atoms with van der Waals surface area (Å²) in [6.45, 7) is 6.41. The number of hydrogen-bond donors (Lipinski definition) is 0. The van der Waals surface area contributed by atoms with E-state index in [0.717, 1.165) is 19.3 Å². The molecule has 0 saturated carbocycles. The molecule has 0 amide bonds. The zero-order chi connectivity index (χ0) is 14.3. The van der Waals surface area contributed by atoms with Crippen molar-refractivity contribution >= 4 is 0 Å². The fourth-order valence-corrected chi connectivity index (χ4v) is 2.01. The van der Waals surface area contributed by atoms with Gasteiger partial charge in [-0.2, -0.15) is 10.5 Å². The molecule has 19 heavy (non-hydrogen) atoms. The van der Waals surface area contributed by atoms with E-state index in [9.17, 15) is 5.26 Å². The third-order valence-corrected chi connectivity index (χ3v) is 3.39. The summed E-state index contributed by atoms with van der Waals surface area (Å²) >= 11 is 0. The van der Waals surface area contributed by atoms with Crippen LogP contribution >= 0.6 is 0 Å². The van der Waals surface area contributed by atoms with Crippen molar-refractivity contribution in [3.8, 4) is 17.9 Å². The van der Waals surface area contributed by atoms with Gasteiger partial charge in [0.1, 0.15) is 29.6 Å². The molecule has 0 heterocycles. The summed E-state index contributed by atoms with van der Waals surface area (Å²) in [5, 5.41) is 18.2. The molecule has 1 aromatic carbocycles. The normalized spacial score (nSPS) is 13.1. The van der Waals surface area contributed by atoms with Crippen LogP contribution in [0.25, 0.3) is 0 Å². The van der Waals surface area contributed by atoms with E-state index in [-0.39, 0.29) is 6.10 Å². The predicted octanol–water partition coefficient (Wildman–Crippen LogP) is 4.02. The molecule has 2 unspecified atom stereocenters. The average molecular weight is 256 g/mol. The average Bonchev–Trinajstić information content (AvgIpc) is 2.45. The first-order valence-electron chi connectivity index (χ1n) is 6.77. The second-order valence-corrected chi connectivity index (χ2v) is 4.73. The van der Waals surface area contributed by atoms with Crippen LogP contribution in [0.15, 0.2) is 18.2 Å². The maximum absolute atomic E-state index is 9.19. The highest BCUT2D eigenvalue weighted by Gasteiger charge is 2.19. The number of hydrogen-bond acceptors (Lipinski definition) is 3. The van der Waals surface area contributed by atoms with Crippen molar-refractivity contribution in [2.24, 2.45) is 5.92 Å². The standard InChI is InChI=1S/C16H20N2O/c1-4-7-15(12(3)5-2)19-16-9-6-8-13(10-17)14(16)11-18/h6,8-9,12,15H,4-5,7H2,1-3H3. The summed E-state index contributed by atoms with van der Waals surface area (Å²) in [5.74, 6) is 0.956. The van der Waals surface area contributed by atoms with E-state index in [1.807, 2.05) is 6.07 Å². The van der Waals surface area contributed by atoms with Crippen molar-refractivity contribution in [3.63, 3.8) is 0 Å². The maximum Gasteiger partial charge on any atom is 0.138 e. The number of nitriles is 2. The monoisotopic (exact) mass is 256 g/mol. The van der Waals surface area contributed by atoms with Crippen LogP contribution in [0.5, 0.6) is 5.75 Å². The van der Waals surface area contributed by atoms with Crippen LogP contribution in [0.1, 0.15) is 51.2 Å². The predicted molar refractivity (Wildman–Crippen MR) is 74.7 cm³/mol. The molecule has 3 nitrogen and oxygen atoms in total. The van der Waals surface area contributed by atoms with Gasteiger partial charge in [0.05, 0.1) is 5.56 Å². The molecule has 0 fully saturated rings. The Hall–Kier alpha value is -2.00. The Morgan fingerprint density at radius 3 is 2.47 bits per heavy atom. The minimum atomic E-state index is 0.0936. The highest BCUT2D eigenvalue weighted by Crippen LogP contribution is 2.26.